The van der Waals surface area contributed by atoms with Crippen molar-refractivity contribution >= 4 is 18.5 Å². The van der Waals surface area contributed by atoms with Crippen LogP contribution in [0.2, 0.25) is 0 Å². The molecule has 15 heavy (non-hydrogen) atoms. The standard InChI is InChI=1S/C7H6NO.C4H6NO/c9-6-8-7-4-2-1-3-5-7;1-2-3-5-4-6/h1-5H,(H,8,9);2H,1,3H2,(H,5,6). The van der Waals surface area contributed by atoms with Crippen molar-refractivity contribution in [2.45, 2.75) is 0 Å². The molecule has 0 atom stereocenters. The molecule has 0 aromatic heterocycles. The van der Waals surface area contributed by atoms with Crippen molar-refractivity contribution in [3.05, 3.63) is 43.0 Å². The van der Waals surface area contributed by atoms with Crippen LogP contribution in [-0.2, 0) is 9.59 Å². The van der Waals surface area contributed by atoms with Gasteiger partial charge in [-0.2, -0.15) is 0 Å². The summed E-state index contributed by atoms with van der Waals surface area (Å²) in [6.07, 6.45) is 4.67. The Balaban J connectivity index is 0.000000288. The first-order chi connectivity index (χ1) is 7.35. The molecule has 78 valence electrons. The van der Waals surface area contributed by atoms with Crippen LogP contribution in [0.25, 0.3) is 0 Å². The van der Waals surface area contributed by atoms with E-state index in [2.05, 4.69) is 17.2 Å². The molecule has 1 rings (SSSR count). The number of anilines is 1. The summed E-state index contributed by atoms with van der Waals surface area (Å²) in [4.78, 5) is 19.0. The third kappa shape index (κ3) is 8.24. The summed E-state index contributed by atoms with van der Waals surface area (Å²) in [6.45, 7) is 3.86. The molecule has 1 aromatic rings. The fourth-order valence-electron chi connectivity index (χ4n) is 0.694. The first-order valence-corrected chi connectivity index (χ1v) is 4.24. The van der Waals surface area contributed by atoms with Gasteiger partial charge in [0.2, 0.25) is 0 Å². The van der Waals surface area contributed by atoms with Crippen molar-refractivity contribution in [3.8, 4) is 0 Å². The molecule has 0 heterocycles. The smallest absolute Gasteiger partial charge is 0.314 e. The van der Waals surface area contributed by atoms with E-state index < -0.39 is 0 Å². The molecule has 0 bridgehead atoms. The molecule has 1 aromatic carbocycles. The minimum atomic E-state index is 0.503. The minimum absolute atomic E-state index is 0.503. The zero-order valence-electron chi connectivity index (χ0n) is 8.19. The summed E-state index contributed by atoms with van der Waals surface area (Å²) in [5, 5.41) is 4.68. The van der Waals surface area contributed by atoms with E-state index in [4.69, 9.17) is 0 Å². The predicted octanol–water partition coefficient (Wildman–Crippen LogP) is 0.995. The zero-order valence-corrected chi connectivity index (χ0v) is 8.19. The first-order valence-electron chi connectivity index (χ1n) is 4.24. The van der Waals surface area contributed by atoms with Crippen LogP contribution in [0.5, 0.6) is 0 Å². The van der Waals surface area contributed by atoms with Gasteiger partial charge in [0.25, 0.3) is 0 Å². The fourth-order valence-corrected chi connectivity index (χ4v) is 0.694. The molecular formula is C11H12N2O2. The third-order valence-electron chi connectivity index (χ3n) is 1.29. The lowest BCUT2D eigenvalue weighted by molar-refractivity contribution is 0.546. The lowest BCUT2D eigenvalue weighted by atomic mass is 10.3. The van der Waals surface area contributed by atoms with Crippen molar-refractivity contribution in [2.75, 3.05) is 11.9 Å². The second-order valence-corrected chi connectivity index (χ2v) is 2.36. The fraction of sp³-hybridized carbons (Fsp3) is 0.0909. The van der Waals surface area contributed by atoms with Crippen molar-refractivity contribution < 1.29 is 9.59 Å². The van der Waals surface area contributed by atoms with Gasteiger partial charge >= 0.3 is 12.8 Å². The Hall–Kier alpha value is -2.10. The Bertz CT molecular complexity index is 278. The molecule has 0 saturated carbocycles. The van der Waals surface area contributed by atoms with Crippen LogP contribution >= 0.6 is 0 Å². The van der Waals surface area contributed by atoms with E-state index in [0.29, 0.717) is 6.54 Å². The van der Waals surface area contributed by atoms with Gasteiger partial charge in [0, 0.05) is 12.2 Å². The Kier molecular flexibility index (Phi) is 8.59. The van der Waals surface area contributed by atoms with Gasteiger partial charge in [-0.3, -0.25) is 9.59 Å². The molecule has 4 heteroatoms. The van der Waals surface area contributed by atoms with E-state index in [1.807, 2.05) is 18.2 Å². The molecule has 2 radical (unpaired) electrons. The summed E-state index contributed by atoms with van der Waals surface area (Å²) in [5.41, 5.74) is 0.771. The van der Waals surface area contributed by atoms with Gasteiger partial charge in [-0.25, -0.2) is 0 Å². The van der Waals surface area contributed by atoms with Crippen LogP contribution in [0.3, 0.4) is 0 Å². The topological polar surface area (TPSA) is 58.2 Å². The van der Waals surface area contributed by atoms with Gasteiger partial charge in [-0.15, -0.1) is 6.58 Å². The molecule has 4 nitrogen and oxygen atoms in total. The van der Waals surface area contributed by atoms with E-state index in [1.165, 1.54) is 6.41 Å². The van der Waals surface area contributed by atoms with E-state index in [-0.39, 0.29) is 0 Å². The maximum Gasteiger partial charge on any atom is 0.314 e. The van der Waals surface area contributed by atoms with Gasteiger partial charge in [0.15, 0.2) is 0 Å². The highest BCUT2D eigenvalue weighted by Gasteiger charge is 1.82. The number of hydrogen-bond donors (Lipinski definition) is 2. The van der Waals surface area contributed by atoms with Crippen molar-refractivity contribution in [1.29, 1.82) is 0 Å². The Morgan fingerprint density at radius 2 is 1.87 bits per heavy atom. The highest BCUT2D eigenvalue weighted by molar-refractivity contribution is 5.71. The monoisotopic (exact) mass is 204 g/mol. The normalized spacial score (nSPS) is 7.73. The minimum Gasteiger partial charge on any atom is -0.344 e. The van der Waals surface area contributed by atoms with Crippen LogP contribution in [0.1, 0.15) is 0 Å². The molecule has 0 aliphatic carbocycles. The second-order valence-electron chi connectivity index (χ2n) is 2.36. The molecule has 0 saturated heterocycles. The molecule has 2 N–H and O–H groups in total. The molecule has 2 amide bonds. The molecule has 0 spiro atoms. The summed E-state index contributed by atoms with van der Waals surface area (Å²) in [5.74, 6) is 0. The lowest BCUT2D eigenvalue weighted by Crippen LogP contribution is -2.08. The van der Waals surface area contributed by atoms with Crippen LogP contribution in [0.15, 0.2) is 43.0 Å². The van der Waals surface area contributed by atoms with Gasteiger partial charge in [-0.1, -0.05) is 24.3 Å². The van der Waals surface area contributed by atoms with Gasteiger partial charge < -0.3 is 10.6 Å². The summed E-state index contributed by atoms with van der Waals surface area (Å²) in [7, 11) is 0. The maximum absolute atomic E-state index is 9.74. The largest absolute Gasteiger partial charge is 0.344 e. The number of amides is 2. The van der Waals surface area contributed by atoms with E-state index in [9.17, 15) is 9.59 Å². The average molecular weight is 204 g/mol. The Labute approximate surface area is 89.0 Å². The van der Waals surface area contributed by atoms with Gasteiger partial charge in [-0.05, 0) is 12.1 Å². The number of benzene rings is 1. The van der Waals surface area contributed by atoms with Crippen molar-refractivity contribution in [3.63, 3.8) is 0 Å². The van der Waals surface area contributed by atoms with Crippen LogP contribution in [0, 0.1) is 0 Å². The molecule has 0 aliphatic rings. The molecular weight excluding hydrogens is 192 g/mol. The molecule has 0 aliphatic heterocycles. The number of nitrogens with one attached hydrogen (secondary N) is 2. The summed E-state index contributed by atoms with van der Waals surface area (Å²) < 4.78 is 0. The highest BCUT2D eigenvalue weighted by atomic mass is 16.1. The summed E-state index contributed by atoms with van der Waals surface area (Å²) >= 11 is 0. The number of para-hydroxylation sites is 1. The van der Waals surface area contributed by atoms with Crippen LogP contribution in [0.4, 0.5) is 5.69 Å². The number of carbonyl (C=O) groups excluding carboxylic acids is 2. The maximum atomic E-state index is 9.74. The average Bonchev–Trinajstić information content (AvgIpc) is 2.29. The zero-order chi connectivity index (χ0) is 11.4. The Morgan fingerprint density at radius 1 is 1.20 bits per heavy atom. The van der Waals surface area contributed by atoms with Crippen LogP contribution < -0.4 is 10.6 Å². The molecule has 0 fully saturated rings. The van der Waals surface area contributed by atoms with Crippen LogP contribution in [-0.4, -0.2) is 19.4 Å². The SMILES string of the molecule is C=CCN[C]=O.O=[C]Nc1ccccc1. The number of hydrogen-bond acceptors (Lipinski definition) is 2. The summed E-state index contributed by atoms with van der Waals surface area (Å²) in [6, 6.07) is 9.17. The third-order valence-corrected chi connectivity index (χ3v) is 1.29. The van der Waals surface area contributed by atoms with Gasteiger partial charge in [0.05, 0.1) is 0 Å². The number of rotatable bonds is 5. The Morgan fingerprint density at radius 3 is 2.27 bits per heavy atom. The van der Waals surface area contributed by atoms with E-state index in [1.54, 1.807) is 24.6 Å². The van der Waals surface area contributed by atoms with Gasteiger partial charge in [0.1, 0.15) is 0 Å². The van der Waals surface area contributed by atoms with E-state index in [0.717, 1.165) is 5.69 Å². The first kappa shape index (κ1) is 12.9. The van der Waals surface area contributed by atoms with Crippen molar-refractivity contribution in [1.82, 2.24) is 5.32 Å². The predicted molar refractivity (Wildman–Crippen MR) is 59.7 cm³/mol. The highest BCUT2D eigenvalue weighted by Crippen LogP contribution is 2.01. The lowest BCUT2D eigenvalue weighted by Gasteiger charge is -1.92. The molecule has 0 unspecified atom stereocenters. The van der Waals surface area contributed by atoms with E-state index >= 15 is 0 Å². The quantitative estimate of drug-likeness (QED) is 0.427. The second kappa shape index (κ2) is 9.98. The van der Waals surface area contributed by atoms with Crippen molar-refractivity contribution in [2.24, 2.45) is 0 Å².